The van der Waals surface area contributed by atoms with Crippen LogP contribution >= 0.6 is 0 Å². The van der Waals surface area contributed by atoms with Gasteiger partial charge in [0.05, 0.1) is 0 Å². The van der Waals surface area contributed by atoms with E-state index in [1.807, 2.05) is 51.9 Å². The standard InChI is InChI=1S/C13H18BO2/c1-5-6-7-15-12-8-10(2)13(16-14-4)11(3)9-12/h5-6,8-9H,7H2,1-4H3/b6-5+. The van der Waals surface area contributed by atoms with Crippen LogP contribution in [0.4, 0.5) is 0 Å². The molecule has 0 spiro atoms. The average molecular weight is 217 g/mol. The summed E-state index contributed by atoms with van der Waals surface area (Å²) in [5.74, 6) is 1.80. The molecule has 1 aromatic rings. The molecule has 0 aromatic heterocycles. The molecule has 1 aromatic carbocycles. The number of aryl methyl sites for hydroxylation is 2. The minimum atomic E-state index is 0.607. The zero-order chi connectivity index (χ0) is 12.0. The SMILES string of the molecule is C[B]Oc1c(C)cc(OC/C=C/C)cc1C. The first-order valence-electron chi connectivity index (χ1n) is 5.48. The number of allylic oxidation sites excluding steroid dienone is 1. The van der Waals surface area contributed by atoms with Crippen molar-refractivity contribution in [2.45, 2.75) is 27.6 Å². The third-order valence-electron chi connectivity index (χ3n) is 2.25. The van der Waals surface area contributed by atoms with Crippen LogP contribution in [-0.4, -0.2) is 14.1 Å². The molecule has 0 amide bonds. The minimum Gasteiger partial charge on any atom is -0.563 e. The summed E-state index contributed by atoms with van der Waals surface area (Å²) in [5.41, 5.74) is 2.18. The predicted molar refractivity (Wildman–Crippen MR) is 68.5 cm³/mol. The molecule has 0 aliphatic carbocycles. The van der Waals surface area contributed by atoms with E-state index in [1.165, 1.54) is 0 Å². The molecule has 0 unspecified atom stereocenters. The van der Waals surface area contributed by atoms with E-state index in [9.17, 15) is 0 Å². The highest BCUT2D eigenvalue weighted by Crippen LogP contribution is 2.28. The normalized spacial score (nSPS) is 10.5. The van der Waals surface area contributed by atoms with Gasteiger partial charge in [0.2, 0.25) is 0 Å². The third kappa shape index (κ3) is 3.33. The molecule has 0 atom stereocenters. The van der Waals surface area contributed by atoms with Crippen LogP contribution < -0.4 is 9.39 Å². The Kier molecular flexibility index (Phi) is 4.97. The molecular weight excluding hydrogens is 199 g/mol. The quantitative estimate of drug-likeness (QED) is 0.556. The summed E-state index contributed by atoms with van der Waals surface area (Å²) in [7, 11) is 1.69. The Balaban J connectivity index is 2.82. The maximum absolute atomic E-state index is 5.59. The molecule has 0 fully saturated rings. The molecule has 0 N–H and O–H groups in total. The Morgan fingerprint density at radius 1 is 1.25 bits per heavy atom. The lowest BCUT2D eigenvalue weighted by atomic mass is 10.0. The van der Waals surface area contributed by atoms with Crippen molar-refractivity contribution in [3.8, 4) is 11.5 Å². The van der Waals surface area contributed by atoms with Crippen LogP contribution in [-0.2, 0) is 0 Å². The van der Waals surface area contributed by atoms with Crippen LogP contribution in [0, 0.1) is 13.8 Å². The fourth-order valence-electron chi connectivity index (χ4n) is 1.54. The van der Waals surface area contributed by atoms with Crippen LogP contribution in [0.3, 0.4) is 0 Å². The highest BCUT2D eigenvalue weighted by molar-refractivity contribution is 6.26. The van der Waals surface area contributed by atoms with Crippen molar-refractivity contribution in [2.24, 2.45) is 0 Å². The minimum absolute atomic E-state index is 0.607. The van der Waals surface area contributed by atoms with E-state index in [0.29, 0.717) is 6.61 Å². The number of benzene rings is 1. The molecule has 0 aliphatic rings. The highest BCUT2D eigenvalue weighted by atomic mass is 16.5. The second-order valence-electron chi connectivity index (χ2n) is 3.62. The molecule has 3 heteroatoms. The molecule has 2 nitrogen and oxygen atoms in total. The topological polar surface area (TPSA) is 18.5 Å². The first-order chi connectivity index (χ1) is 7.69. The van der Waals surface area contributed by atoms with E-state index in [2.05, 4.69) is 0 Å². The molecule has 1 radical (unpaired) electrons. The van der Waals surface area contributed by atoms with Crippen LogP contribution in [0.15, 0.2) is 24.3 Å². The Labute approximate surface area is 98.5 Å². The Hall–Kier alpha value is -1.38. The zero-order valence-corrected chi connectivity index (χ0v) is 10.4. The average Bonchev–Trinajstić information content (AvgIpc) is 2.24. The van der Waals surface area contributed by atoms with Gasteiger partial charge in [-0.15, -0.1) is 0 Å². The summed E-state index contributed by atoms with van der Waals surface area (Å²) in [4.78, 5) is 0. The lowest BCUT2D eigenvalue weighted by molar-refractivity contribution is 0.361. The molecule has 0 saturated heterocycles. The van der Waals surface area contributed by atoms with E-state index >= 15 is 0 Å². The van der Waals surface area contributed by atoms with Crippen molar-refractivity contribution in [2.75, 3.05) is 6.61 Å². The van der Waals surface area contributed by atoms with Gasteiger partial charge in [-0.1, -0.05) is 19.0 Å². The zero-order valence-electron chi connectivity index (χ0n) is 10.4. The summed E-state index contributed by atoms with van der Waals surface area (Å²) < 4.78 is 11.0. The Morgan fingerprint density at radius 3 is 2.38 bits per heavy atom. The van der Waals surface area contributed by atoms with Crippen molar-refractivity contribution in [3.05, 3.63) is 35.4 Å². The number of hydrogen-bond donors (Lipinski definition) is 0. The highest BCUT2D eigenvalue weighted by Gasteiger charge is 2.06. The summed E-state index contributed by atoms with van der Waals surface area (Å²) >= 11 is 0. The second kappa shape index (κ2) is 6.26. The molecule has 0 bridgehead atoms. The third-order valence-corrected chi connectivity index (χ3v) is 2.25. The van der Waals surface area contributed by atoms with Crippen molar-refractivity contribution < 1.29 is 9.39 Å². The van der Waals surface area contributed by atoms with E-state index in [0.717, 1.165) is 22.6 Å². The van der Waals surface area contributed by atoms with E-state index in [-0.39, 0.29) is 0 Å². The Bertz CT molecular complexity index is 349. The van der Waals surface area contributed by atoms with Crippen molar-refractivity contribution in [1.29, 1.82) is 0 Å². The van der Waals surface area contributed by atoms with Gasteiger partial charge in [0.1, 0.15) is 18.1 Å². The van der Waals surface area contributed by atoms with E-state index in [4.69, 9.17) is 9.39 Å². The van der Waals surface area contributed by atoms with Crippen LogP contribution in [0.2, 0.25) is 6.82 Å². The molecular formula is C13H18BO2. The molecule has 16 heavy (non-hydrogen) atoms. The summed E-state index contributed by atoms with van der Waals surface area (Å²) in [6, 6.07) is 3.99. The molecule has 0 heterocycles. The van der Waals surface area contributed by atoms with Crippen LogP contribution in [0.5, 0.6) is 11.5 Å². The van der Waals surface area contributed by atoms with Crippen LogP contribution in [0.1, 0.15) is 18.1 Å². The Morgan fingerprint density at radius 2 is 1.88 bits per heavy atom. The monoisotopic (exact) mass is 217 g/mol. The molecule has 1 rings (SSSR count). The van der Waals surface area contributed by atoms with Crippen LogP contribution in [0.25, 0.3) is 0 Å². The maximum Gasteiger partial charge on any atom is 0.366 e. The first-order valence-corrected chi connectivity index (χ1v) is 5.48. The summed E-state index contributed by atoms with van der Waals surface area (Å²) in [6.45, 7) is 8.50. The molecule has 85 valence electrons. The smallest absolute Gasteiger partial charge is 0.366 e. The number of rotatable bonds is 5. The summed E-state index contributed by atoms with van der Waals surface area (Å²) in [6.07, 6.45) is 3.96. The van der Waals surface area contributed by atoms with Gasteiger partial charge in [-0.25, -0.2) is 0 Å². The van der Waals surface area contributed by atoms with E-state index in [1.54, 1.807) is 7.48 Å². The van der Waals surface area contributed by atoms with Crippen molar-refractivity contribution >= 4 is 7.48 Å². The number of ether oxygens (including phenoxy) is 1. The fourth-order valence-corrected chi connectivity index (χ4v) is 1.54. The van der Waals surface area contributed by atoms with Crippen molar-refractivity contribution in [3.63, 3.8) is 0 Å². The van der Waals surface area contributed by atoms with E-state index < -0.39 is 0 Å². The van der Waals surface area contributed by atoms with Gasteiger partial charge in [-0.05, 0) is 44.0 Å². The van der Waals surface area contributed by atoms with Crippen molar-refractivity contribution in [1.82, 2.24) is 0 Å². The summed E-state index contributed by atoms with van der Waals surface area (Å²) in [5, 5.41) is 0. The lowest BCUT2D eigenvalue weighted by Crippen LogP contribution is -2.01. The van der Waals surface area contributed by atoms with Gasteiger partial charge in [0, 0.05) is 0 Å². The van der Waals surface area contributed by atoms with Gasteiger partial charge >= 0.3 is 7.48 Å². The molecule has 0 saturated carbocycles. The largest absolute Gasteiger partial charge is 0.563 e. The van der Waals surface area contributed by atoms with Gasteiger partial charge in [0.25, 0.3) is 0 Å². The van der Waals surface area contributed by atoms with Gasteiger partial charge in [-0.3, -0.25) is 0 Å². The predicted octanol–water partition coefficient (Wildman–Crippen LogP) is 3.30. The first kappa shape index (κ1) is 12.7. The van der Waals surface area contributed by atoms with Gasteiger partial charge in [0.15, 0.2) is 0 Å². The maximum atomic E-state index is 5.59. The second-order valence-corrected chi connectivity index (χ2v) is 3.62. The number of hydrogen-bond acceptors (Lipinski definition) is 2. The van der Waals surface area contributed by atoms with Gasteiger partial charge in [-0.2, -0.15) is 0 Å². The fraction of sp³-hybridized carbons (Fsp3) is 0.385. The molecule has 0 aliphatic heterocycles. The van der Waals surface area contributed by atoms with Gasteiger partial charge < -0.3 is 9.39 Å². The lowest BCUT2D eigenvalue weighted by Gasteiger charge is -2.13.